The highest BCUT2D eigenvalue weighted by Gasteiger charge is 2.45. The molecule has 21 nitrogen and oxygen atoms in total. The summed E-state index contributed by atoms with van der Waals surface area (Å²) in [5.74, 6) is -3.28. The lowest BCUT2D eigenvalue weighted by Gasteiger charge is -2.39. The molecule has 8 N–H and O–H groups in total. The first-order chi connectivity index (χ1) is 35.5. The average molecular weight is 1030 g/mol. The number of unbranched alkanes of at least 4 members (excludes halogenated alkanes) is 2. The number of ether oxygens (including phenoxy) is 2. The van der Waals surface area contributed by atoms with Gasteiger partial charge < -0.3 is 61.1 Å². The zero-order chi connectivity index (χ0) is 53.7. The maximum atomic E-state index is 14.7. The Morgan fingerprint density at radius 2 is 1.57 bits per heavy atom. The van der Waals surface area contributed by atoms with Crippen LogP contribution in [-0.2, 0) is 40.1 Å². The van der Waals surface area contributed by atoms with E-state index in [1.54, 1.807) is 56.0 Å². The number of primary amides is 1. The third-order valence-corrected chi connectivity index (χ3v) is 12.4. The van der Waals surface area contributed by atoms with Gasteiger partial charge in [0.15, 0.2) is 5.58 Å². The van der Waals surface area contributed by atoms with Gasteiger partial charge in [-0.1, -0.05) is 65.7 Å². The summed E-state index contributed by atoms with van der Waals surface area (Å²) in [6.45, 7) is 13.1. The maximum Gasteiger partial charge on any atom is 0.414 e. The highest BCUT2D eigenvalue weighted by molar-refractivity contribution is 5.96. The highest BCUT2D eigenvalue weighted by atomic mass is 19.1. The van der Waals surface area contributed by atoms with Gasteiger partial charge >= 0.3 is 18.1 Å². The quantitative estimate of drug-likeness (QED) is 0.0550. The fourth-order valence-corrected chi connectivity index (χ4v) is 8.42. The van der Waals surface area contributed by atoms with E-state index in [-0.39, 0.29) is 49.9 Å². The number of fused-ring (bicyclic) bond motifs is 4. The largest absolute Gasteiger partial charge is 0.481 e. The maximum absolute atomic E-state index is 14.7. The van der Waals surface area contributed by atoms with E-state index in [9.17, 15) is 38.0 Å². The van der Waals surface area contributed by atoms with Crippen LogP contribution >= 0.6 is 0 Å². The Bertz CT molecular complexity index is 2540. The SMILES string of the molecule is CCC(=O)O.CCCCCC(=O)NCC(=O)NC(C(=O)NCC(=O)Nc1ccc(COC(=O)N2c3cc(F)ccc3C3CN(c4ccc5nc(N6CCOCC6)oc5c4)CCC32)cc1)C(C)C.CCCNC(N)=O. The number of carbonyl (C=O) groups is 7. The van der Waals surface area contributed by atoms with Crippen LogP contribution < -0.4 is 47.0 Å². The van der Waals surface area contributed by atoms with Crippen LogP contribution in [0.1, 0.15) is 96.6 Å². The number of carbonyl (C=O) groups excluding carboxylic acids is 6. The van der Waals surface area contributed by atoms with Crippen LogP contribution in [0, 0.1) is 11.7 Å². The van der Waals surface area contributed by atoms with Crippen molar-refractivity contribution in [1.29, 1.82) is 0 Å². The first-order valence-electron chi connectivity index (χ1n) is 25.2. The summed E-state index contributed by atoms with van der Waals surface area (Å²) in [6.07, 6.45) is 4.19. The standard InChI is InChI=1S/C45H55FN8O8.C4H10N2O.C3H6O2/c1-4-5-6-7-39(55)47-24-41(57)51-42(28(2)3)43(58)48-25-40(56)49-31-11-8-29(9-12-31)27-61-45(59)54-36-16-17-53(26-34(36)33-14-10-30(46)22-37(33)54)32-13-15-35-38(23-32)62-44(50-35)52-18-20-60-21-19-52;1-2-3-6-4(5)7;1-2-3(4)5/h8-15,22-23,28,34,36,42H,4-7,16-21,24-27H2,1-3H3,(H,47,55)(H,48,58)(H,49,56)(H,51,57);2-3H2,1H3,(H3,5,6,7);2H2,1H3,(H,4,5). The Balaban J connectivity index is 0.000000756. The molecule has 0 aliphatic carbocycles. The number of amides is 7. The molecule has 22 heteroatoms. The molecule has 3 aliphatic heterocycles. The van der Waals surface area contributed by atoms with Gasteiger partial charge in [-0.3, -0.25) is 28.9 Å². The minimum absolute atomic E-state index is 0.0533. The number of halogens is 1. The Hall–Kier alpha value is -7.49. The molecule has 7 rings (SSSR count). The number of hydrogen-bond donors (Lipinski definition) is 7. The molecule has 402 valence electrons. The number of nitrogens with one attached hydrogen (secondary N) is 5. The minimum atomic E-state index is -0.905. The number of aromatic nitrogens is 1. The number of anilines is 4. The van der Waals surface area contributed by atoms with Gasteiger partial charge in [0.25, 0.3) is 6.01 Å². The van der Waals surface area contributed by atoms with E-state index in [0.717, 1.165) is 55.5 Å². The first-order valence-corrected chi connectivity index (χ1v) is 25.2. The van der Waals surface area contributed by atoms with Crippen LogP contribution in [0.4, 0.5) is 37.1 Å². The van der Waals surface area contributed by atoms with Crippen LogP contribution in [0.15, 0.2) is 65.1 Å². The van der Waals surface area contributed by atoms with Crippen molar-refractivity contribution >= 4 is 75.9 Å². The second-order valence-corrected chi connectivity index (χ2v) is 18.3. The molecule has 0 bridgehead atoms. The summed E-state index contributed by atoms with van der Waals surface area (Å²) in [5, 5.41) is 20.7. The Morgan fingerprint density at radius 1 is 0.851 bits per heavy atom. The molecule has 3 unspecified atom stereocenters. The molecule has 3 aromatic carbocycles. The van der Waals surface area contributed by atoms with Crippen molar-refractivity contribution in [3.63, 3.8) is 0 Å². The number of piperidine rings is 1. The summed E-state index contributed by atoms with van der Waals surface area (Å²) in [6, 6.07) is 16.3. The van der Waals surface area contributed by atoms with E-state index in [4.69, 9.17) is 24.7 Å². The smallest absolute Gasteiger partial charge is 0.414 e. The van der Waals surface area contributed by atoms with E-state index in [1.165, 1.54) is 12.1 Å². The van der Waals surface area contributed by atoms with Gasteiger partial charge in [0, 0.05) is 68.9 Å². The summed E-state index contributed by atoms with van der Waals surface area (Å²) in [7, 11) is 0. The van der Waals surface area contributed by atoms with E-state index < -0.39 is 47.7 Å². The molecule has 0 radical (unpaired) electrons. The molecule has 2 fully saturated rings. The third-order valence-electron chi connectivity index (χ3n) is 12.4. The number of morpholine rings is 1. The number of nitrogens with two attached hydrogens (primary N) is 1. The average Bonchev–Trinajstić information content (AvgIpc) is 3.97. The number of rotatable bonds is 19. The fraction of sp³-hybridized carbons (Fsp3) is 0.500. The van der Waals surface area contributed by atoms with Gasteiger partial charge in [-0.05, 0) is 72.7 Å². The number of urea groups is 1. The van der Waals surface area contributed by atoms with Gasteiger partial charge in [0.2, 0.25) is 23.6 Å². The molecule has 7 amide bonds. The van der Waals surface area contributed by atoms with Crippen molar-refractivity contribution in [2.24, 2.45) is 11.7 Å². The van der Waals surface area contributed by atoms with Crippen LogP contribution in [0.5, 0.6) is 0 Å². The lowest BCUT2D eigenvalue weighted by molar-refractivity contribution is -0.136. The van der Waals surface area contributed by atoms with E-state index in [0.29, 0.717) is 74.2 Å². The molecule has 2 saturated heterocycles. The molecular weight excluding hydrogens is 960 g/mol. The second-order valence-electron chi connectivity index (χ2n) is 18.3. The van der Waals surface area contributed by atoms with Crippen LogP contribution in [0.3, 0.4) is 0 Å². The molecule has 0 spiro atoms. The molecular formula is C52H71FN10O11. The zero-order valence-corrected chi connectivity index (χ0v) is 42.9. The van der Waals surface area contributed by atoms with Gasteiger partial charge in [-0.25, -0.2) is 14.0 Å². The third kappa shape index (κ3) is 17.1. The van der Waals surface area contributed by atoms with E-state index >= 15 is 0 Å². The predicted octanol–water partition coefficient (Wildman–Crippen LogP) is 5.76. The van der Waals surface area contributed by atoms with Crippen molar-refractivity contribution < 1.29 is 56.9 Å². The molecule has 3 atom stereocenters. The number of carboxylic acid groups (broad SMARTS) is 1. The van der Waals surface area contributed by atoms with E-state index in [1.807, 2.05) is 32.0 Å². The Morgan fingerprint density at radius 3 is 2.22 bits per heavy atom. The number of oxazole rings is 1. The van der Waals surface area contributed by atoms with Gasteiger partial charge in [-0.2, -0.15) is 4.98 Å². The van der Waals surface area contributed by atoms with Crippen LogP contribution in [-0.4, -0.2) is 123 Å². The number of carboxylic acids is 1. The number of nitrogens with zero attached hydrogens (tertiary/aromatic N) is 4. The molecule has 4 heterocycles. The van der Waals surface area contributed by atoms with Crippen molar-refractivity contribution in [3.05, 3.63) is 77.6 Å². The fourth-order valence-electron chi connectivity index (χ4n) is 8.42. The van der Waals surface area contributed by atoms with Crippen molar-refractivity contribution in [2.45, 2.75) is 104 Å². The van der Waals surface area contributed by atoms with Gasteiger partial charge in [-0.15, -0.1) is 0 Å². The minimum Gasteiger partial charge on any atom is -0.481 e. The van der Waals surface area contributed by atoms with E-state index in [2.05, 4.69) is 41.4 Å². The monoisotopic (exact) mass is 1030 g/mol. The van der Waals surface area contributed by atoms with Crippen LogP contribution in [0.25, 0.3) is 11.1 Å². The van der Waals surface area contributed by atoms with Gasteiger partial charge in [0.1, 0.15) is 24.0 Å². The lowest BCUT2D eigenvalue weighted by Crippen LogP contribution is -2.52. The Kier molecular flexibility index (Phi) is 22.2. The summed E-state index contributed by atoms with van der Waals surface area (Å²) in [4.78, 5) is 93.7. The van der Waals surface area contributed by atoms with Crippen molar-refractivity contribution in [2.75, 3.05) is 79.0 Å². The zero-order valence-electron chi connectivity index (χ0n) is 42.9. The first kappa shape index (κ1) is 57.4. The molecule has 4 aromatic rings. The van der Waals surface area contributed by atoms with Crippen LogP contribution in [0.2, 0.25) is 0 Å². The number of benzene rings is 3. The second kappa shape index (κ2) is 28.7. The van der Waals surface area contributed by atoms with Gasteiger partial charge in [0.05, 0.1) is 38.0 Å². The lowest BCUT2D eigenvalue weighted by atomic mass is 9.89. The van der Waals surface area contributed by atoms with Crippen molar-refractivity contribution in [3.8, 4) is 0 Å². The highest BCUT2D eigenvalue weighted by Crippen LogP contribution is 2.46. The number of aliphatic carboxylic acids is 1. The molecule has 3 aliphatic rings. The Labute approximate surface area is 430 Å². The summed E-state index contributed by atoms with van der Waals surface area (Å²) < 4.78 is 32.1. The predicted molar refractivity (Wildman–Crippen MR) is 277 cm³/mol. The summed E-state index contributed by atoms with van der Waals surface area (Å²) in [5.41, 5.74) is 9.69. The summed E-state index contributed by atoms with van der Waals surface area (Å²) >= 11 is 0. The normalized spacial score (nSPS) is 16.0. The van der Waals surface area contributed by atoms with Crippen molar-refractivity contribution in [1.82, 2.24) is 26.3 Å². The molecule has 0 saturated carbocycles. The molecule has 1 aromatic heterocycles. The number of hydrogen-bond acceptors (Lipinski definition) is 13. The topological polar surface area (TPSA) is 280 Å². The molecule has 74 heavy (non-hydrogen) atoms.